The maximum absolute atomic E-state index is 14.6. The van der Waals surface area contributed by atoms with E-state index in [1.165, 1.54) is 36.7 Å². The van der Waals surface area contributed by atoms with Gasteiger partial charge in [-0.2, -0.15) is 0 Å². The van der Waals surface area contributed by atoms with Gasteiger partial charge in [0.25, 0.3) is 5.92 Å². The number of nitrogens with one attached hydrogen (secondary N) is 2. The Balaban J connectivity index is 1.25. The van der Waals surface area contributed by atoms with Crippen LogP contribution in [0.4, 0.5) is 14.6 Å². The van der Waals surface area contributed by atoms with Crippen molar-refractivity contribution in [3.63, 3.8) is 0 Å². The molecule has 0 unspecified atom stereocenters. The first-order valence-electron chi connectivity index (χ1n) is 11.1. The van der Waals surface area contributed by atoms with Crippen LogP contribution in [0.25, 0.3) is 0 Å². The maximum atomic E-state index is 14.6. The molecule has 3 aliphatic rings. The third kappa shape index (κ3) is 4.19. The van der Waals surface area contributed by atoms with E-state index in [1.54, 1.807) is 11.8 Å². The second-order valence-corrected chi connectivity index (χ2v) is 9.15. The van der Waals surface area contributed by atoms with E-state index < -0.39 is 17.9 Å². The van der Waals surface area contributed by atoms with E-state index in [1.807, 2.05) is 12.1 Å². The molecule has 0 spiro atoms. The zero-order chi connectivity index (χ0) is 22.5. The number of fused-ring (bicyclic) bond motifs is 1. The largest absolute Gasteiger partial charge is 0.329 e. The number of carbonyl (C=O) groups is 1. The topological polar surface area (TPSA) is 81.3 Å². The number of H-pyrrole nitrogens is 1. The molecule has 1 aliphatic carbocycles. The number of nitrogens with zero attached hydrogens (tertiary/aromatic N) is 3. The van der Waals surface area contributed by atoms with Gasteiger partial charge in [-0.25, -0.2) is 13.8 Å². The van der Waals surface area contributed by atoms with Crippen LogP contribution in [0.2, 0.25) is 0 Å². The first kappa shape index (κ1) is 21.2. The Labute approximate surface area is 184 Å². The van der Waals surface area contributed by atoms with Gasteiger partial charge in [0.05, 0.1) is 17.7 Å². The highest BCUT2D eigenvalue weighted by molar-refractivity contribution is 5.93. The molecule has 2 atom stereocenters. The quantitative estimate of drug-likeness (QED) is 0.743. The lowest BCUT2D eigenvalue weighted by Gasteiger charge is -2.40. The molecule has 1 saturated carbocycles. The third-order valence-electron chi connectivity index (χ3n) is 6.91. The summed E-state index contributed by atoms with van der Waals surface area (Å²) in [5.41, 5.74) is 2.23. The number of likely N-dealkylation sites (tertiary alicyclic amines) is 1. The minimum absolute atomic E-state index is 0.0294. The predicted molar refractivity (Wildman–Crippen MR) is 116 cm³/mol. The summed E-state index contributed by atoms with van der Waals surface area (Å²) in [4.78, 5) is 35.5. The van der Waals surface area contributed by atoms with E-state index in [0.29, 0.717) is 17.4 Å². The molecule has 0 bridgehead atoms. The molecule has 2 fully saturated rings. The molecule has 4 heterocycles. The van der Waals surface area contributed by atoms with Crippen molar-refractivity contribution in [2.24, 2.45) is 0 Å². The fourth-order valence-electron chi connectivity index (χ4n) is 4.71. The summed E-state index contributed by atoms with van der Waals surface area (Å²) >= 11 is 0. The average molecular weight is 443 g/mol. The Morgan fingerprint density at radius 1 is 1.25 bits per heavy atom. The number of alkyl halides is 2. The monoisotopic (exact) mass is 443 g/mol. The molecule has 2 aliphatic heterocycles. The number of pyridine rings is 2. The number of hydrogen-bond donors (Lipinski definition) is 2. The highest BCUT2D eigenvalue weighted by Crippen LogP contribution is 2.40. The van der Waals surface area contributed by atoms with Gasteiger partial charge in [0.2, 0.25) is 11.5 Å². The fraction of sp³-hybridized carbons (Fsp3) is 0.522. The normalized spacial score (nSPS) is 24.2. The van der Waals surface area contributed by atoms with Crippen molar-refractivity contribution < 1.29 is 13.6 Å². The van der Waals surface area contributed by atoms with Crippen LogP contribution in [0.15, 0.2) is 35.3 Å². The molecular formula is C23H27F2N5O2. The predicted octanol–water partition coefficient (Wildman–Crippen LogP) is 2.70. The lowest BCUT2D eigenvalue weighted by atomic mass is 9.87. The zero-order valence-electron chi connectivity index (χ0n) is 18.0. The molecule has 7 nitrogen and oxygen atoms in total. The summed E-state index contributed by atoms with van der Waals surface area (Å²) < 4.78 is 29.3. The molecule has 1 saturated heterocycles. The number of amides is 1. The fourth-order valence-corrected chi connectivity index (χ4v) is 4.71. The number of hydrogen-bond acceptors (Lipinski definition) is 5. The van der Waals surface area contributed by atoms with Gasteiger partial charge in [-0.05, 0) is 37.0 Å². The lowest BCUT2D eigenvalue weighted by molar-refractivity contribution is -0.125. The number of rotatable bonds is 5. The summed E-state index contributed by atoms with van der Waals surface area (Å²) in [6, 6.07) is 6.59. The number of aromatic amines is 1. The number of halogens is 2. The van der Waals surface area contributed by atoms with Gasteiger partial charge in [0, 0.05) is 50.9 Å². The van der Waals surface area contributed by atoms with E-state index in [-0.39, 0.29) is 31.0 Å². The zero-order valence-corrected chi connectivity index (χ0v) is 18.0. The molecule has 170 valence electrons. The van der Waals surface area contributed by atoms with Crippen molar-refractivity contribution in [2.45, 2.75) is 63.2 Å². The van der Waals surface area contributed by atoms with E-state index in [2.05, 4.69) is 20.2 Å². The van der Waals surface area contributed by atoms with Crippen LogP contribution < -0.4 is 10.9 Å². The van der Waals surface area contributed by atoms with Gasteiger partial charge in [-0.15, -0.1) is 0 Å². The summed E-state index contributed by atoms with van der Waals surface area (Å²) in [6.07, 6.45) is 3.48. The first-order valence-corrected chi connectivity index (χ1v) is 11.1. The van der Waals surface area contributed by atoms with Crippen LogP contribution in [0.3, 0.4) is 0 Å². The van der Waals surface area contributed by atoms with Gasteiger partial charge in [0.1, 0.15) is 5.82 Å². The Kier molecular flexibility index (Phi) is 5.33. The minimum Gasteiger partial charge on any atom is -0.329 e. The highest BCUT2D eigenvalue weighted by Gasteiger charge is 2.46. The molecule has 2 N–H and O–H groups in total. The van der Waals surface area contributed by atoms with Crippen molar-refractivity contribution in [2.75, 3.05) is 18.4 Å². The summed E-state index contributed by atoms with van der Waals surface area (Å²) in [5, 5.41) is 2.87. The van der Waals surface area contributed by atoms with Gasteiger partial charge in [-0.3, -0.25) is 19.4 Å². The second kappa shape index (κ2) is 8.04. The molecule has 9 heteroatoms. The molecule has 2 aromatic heterocycles. The molecule has 32 heavy (non-hydrogen) atoms. The number of anilines is 1. The van der Waals surface area contributed by atoms with Crippen LogP contribution >= 0.6 is 0 Å². The second-order valence-electron chi connectivity index (χ2n) is 9.15. The molecule has 2 aromatic rings. The molecule has 5 rings (SSSR count). The Morgan fingerprint density at radius 3 is 2.78 bits per heavy atom. The van der Waals surface area contributed by atoms with Crippen LogP contribution in [0.5, 0.6) is 0 Å². The van der Waals surface area contributed by atoms with Crippen molar-refractivity contribution in [1.82, 2.24) is 19.8 Å². The van der Waals surface area contributed by atoms with Gasteiger partial charge >= 0.3 is 0 Å². The smallest absolute Gasteiger partial charge is 0.257 e. The number of carbonyl (C=O) groups excluding carboxylic acids is 1. The lowest BCUT2D eigenvalue weighted by Crippen LogP contribution is -2.52. The highest BCUT2D eigenvalue weighted by atomic mass is 19.3. The van der Waals surface area contributed by atoms with Crippen LogP contribution in [-0.2, 0) is 17.9 Å². The number of piperidine rings is 1. The van der Waals surface area contributed by atoms with E-state index in [4.69, 9.17) is 0 Å². The van der Waals surface area contributed by atoms with Crippen molar-refractivity contribution in [3.8, 4) is 0 Å². The van der Waals surface area contributed by atoms with Gasteiger partial charge in [0.15, 0.2) is 0 Å². The summed E-state index contributed by atoms with van der Waals surface area (Å²) in [7, 11) is 0. The van der Waals surface area contributed by atoms with Crippen LogP contribution in [0, 0.1) is 0 Å². The van der Waals surface area contributed by atoms with Gasteiger partial charge in [-0.1, -0.05) is 12.1 Å². The maximum Gasteiger partial charge on any atom is 0.257 e. The van der Waals surface area contributed by atoms with Crippen molar-refractivity contribution in [3.05, 3.63) is 57.6 Å². The van der Waals surface area contributed by atoms with Crippen LogP contribution in [-0.4, -0.2) is 56.8 Å². The summed E-state index contributed by atoms with van der Waals surface area (Å²) in [5.74, 6) is -3.76. The van der Waals surface area contributed by atoms with Crippen molar-refractivity contribution in [1.29, 1.82) is 0 Å². The van der Waals surface area contributed by atoms with E-state index in [9.17, 15) is 18.4 Å². The Hall–Kier alpha value is -2.65. The van der Waals surface area contributed by atoms with Gasteiger partial charge < -0.3 is 10.3 Å². The minimum atomic E-state index is -2.90. The molecule has 0 aromatic carbocycles. The SMILES string of the molecule is C[C@@H](C(=O)Nc1ccc2c(n1)CN(C1CC1)C2)N1CCC(F)(F)[C@@H](c2ccc(=O)[nH]c2)C1. The first-order chi connectivity index (χ1) is 15.3. The van der Waals surface area contributed by atoms with Crippen LogP contribution in [0.1, 0.15) is 48.9 Å². The number of aromatic nitrogens is 2. The van der Waals surface area contributed by atoms with Crippen molar-refractivity contribution >= 4 is 11.7 Å². The molecular weight excluding hydrogens is 416 g/mol. The molecule has 1 amide bonds. The summed E-state index contributed by atoms with van der Waals surface area (Å²) in [6.45, 7) is 3.59. The third-order valence-corrected chi connectivity index (χ3v) is 6.91. The average Bonchev–Trinajstić information content (AvgIpc) is 3.53. The Bertz CT molecular complexity index is 1060. The molecule has 0 radical (unpaired) electrons. The standard InChI is InChI=1S/C23H27F2N5O2/c1-14(29-9-8-23(24,25)18(12-29)15-3-7-21(31)26-10-15)22(32)28-20-6-2-16-11-30(17-4-5-17)13-19(16)27-20/h2-3,6-7,10,14,17-18H,4-5,8-9,11-13H2,1H3,(H,26,31)(H,27,28,32)/t14-,18+/m0/s1. The van der Waals surface area contributed by atoms with E-state index >= 15 is 0 Å². The van der Waals surface area contributed by atoms with E-state index in [0.717, 1.165) is 18.8 Å². The Morgan fingerprint density at radius 2 is 2.06 bits per heavy atom.